The van der Waals surface area contributed by atoms with E-state index in [0.717, 1.165) is 0 Å². The van der Waals surface area contributed by atoms with Crippen molar-refractivity contribution in [2.24, 2.45) is 0 Å². The summed E-state index contributed by atoms with van der Waals surface area (Å²) in [6.45, 7) is 0. The van der Waals surface area contributed by atoms with Gasteiger partial charge >= 0.3 is 0 Å². The van der Waals surface area contributed by atoms with Crippen LogP contribution in [0, 0.1) is 0 Å². The van der Waals surface area contributed by atoms with Gasteiger partial charge in [0.1, 0.15) is 5.75 Å². The van der Waals surface area contributed by atoms with Gasteiger partial charge in [0.25, 0.3) is 0 Å². The van der Waals surface area contributed by atoms with Crippen LogP contribution in [0.4, 0.5) is 5.69 Å². The fourth-order valence-electron chi connectivity index (χ4n) is 1.60. The van der Waals surface area contributed by atoms with Gasteiger partial charge in [0, 0.05) is 16.8 Å². The molecule has 0 saturated heterocycles. The minimum Gasteiger partial charge on any atom is -0.455 e. The number of nitrogens with one attached hydrogen (secondary N) is 1. The predicted molar refractivity (Wildman–Crippen MR) is 85.0 cm³/mol. The largest absolute Gasteiger partial charge is 0.455 e. The van der Waals surface area contributed by atoms with Crippen LogP contribution in [0.5, 0.6) is 11.5 Å². The highest BCUT2D eigenvalue weighted by atomic mass is 79.9. The first-order valence-electron chi connectivity index (χ1n) is 6.07. The molecular weight excluding hydrogens is 342 g/mol. The van der Waals surface area contributed by atoms with Gasteiger partial charge in [-0.05, 0) is 30.3 Å². The number of ether oxygens (including phenoxy) is 1. The number of halogens is 2. The number of amides is 1. The van der Waals surface area contributed by atoms with E-state index in [-0.39, 0.29) is 5.91 Å². The van der Waals surface area contributed by atoms with Crippen molar-refractivity contribution >= 4 is 39.1 Å². The third-order valence-electron chi connectivity index (χ3n) is 2.51. The summed E-state index contributed by atoms with van der Waals surface area (Å²) in [6, 6.07) is 14.5. The topological polar surface area (TPSA) is 38.3 Å². The van der Waals surface area contributed by atoms with Crippen molar-refractivity contribution in [2.75, 3.05) is 10.6 Å². The number of anilines is 1. The molecule has 2 aromatic rings. The molecule has 0 aliphatic carbocycles. The van der Waals surface area contributed by atoms with E-state index in [4.69, 9.17) is 16.3 Å². The Morgan fingerprint density at radius 1 is 1.20 bits per heavy atom. The van der Waals surface area contributed by atoms with Crippen LogP contribution in [0.2, 0.25) is 5.02 Å². The van der Waals surface area contributed by atoms with Crippen molar-refractivity contribution in [3.05, 3.63) is 53.6 Å². The maximum absolute atomic E-state index is 11.7. The van der Waals surface area contributed by atoms with Gasteiger partial charge in [-0.2, -0.15) is 0 Å². The number of hydrogen-bond donors (Lipinski definition) is 1. The molecule has 0 aliphatic rings. The maximum Gasteiger partial charge on any atom is 0.225 e. The summed E-state index contributed by atoms with van der Waals surface area (Å²) >= 11 is 9.20. The number of hydrogen-bond acceptors (Lipinski definition) is 2. The molecule has 104 valence electrons. The smallest absolute Gasteiger partial charge is 0.225 e. The van der Waals surface area contributed by atoms with E-state index in [1.165, 1.54) is 0 Å². The molecule has 0 radical (unpaired) electrons. The molecule has 5 heteroatoms. The molecule has 0 atom stereocenters. The fourth-order valence-corrected chi connectivity index (χ4v) is 2.14. The van der Waals surface area contributed by atoms with Crippen molar-refractivity contribution in [1.29, 1.82) is 0 Å². The van der Waals surface area contributed by atoms with Crippen molar-refractivity contribution in [3.8, 4) is 11.5 Å². The number of alkyl halides is 1. The molecule has 0 spiro atoms. The van der Waals surface area contributed by atoms with Crippen LogP contribution < -0.4 is 10.1 Å². The van der Waals surface area contributed by atoms with Gasteiger partial charge in [-0.1, -0.05) is 45.7 Å². The summed E-state index contributed by atoms with van der Waals surface area (Å²) in [7, 11) is 0. The van der Waals surface area contributed by atoms with Crippen molar-refractivity contribution in [3.63, 3.8) is 0 Å². The second-order valence-electron chi connectivity index (χ2n) is 4.04. The van der Waals surface area contributed by atoms with Gasteiger partial charge in [0.05, 0.1) is 5.69 Å². The van der Waals surface area contributed by atoms with E-state index in [0.29, 0.717) is 34.0 Å². The predicted octanol–water partition coefficient (Wildman–Crippen LogP) is 4.86. The van der Waals surface area contributed by atoms with Crippen LogP contribution in [0.3, 0.4) is 0 Å². The lowest BCUT2D eigenvalue weighted by atomic mass is 10.2. The Hall–Kier alpha value is -1.52. The Morgan fingerprint density at radius 2 is 1.95 bits per heavy atom. The quantitative estimate of drug-likeness (QED) is 0.779. The van der Waals surface area contributed by atoms with E-state index < -0.39 is 0 Å². The molecule has 1 amide bonds. The molecule has 0 bridgehead atoms. The molecule has 2 aromatic carbocycles. The van der Waals surface area contributed by atoms with Gasteiger partial charge in [0.2, 0.25) is 5.91 Å². The third kappa shape index (κ3) is 4.25. The first kappa shape index (κ1) is 14.9. The molecule has 20 heavy (non-hydrogen) atoms. The molecule has 0 fully saturated rings. The molecule has 0 aromatic heterocycles. The lowest BCUT2D eigenvalue weighted by Gasteiger charge is -2.12. The molecule has 2 rings (SSSR count). The summed E-state index contributed by atoms with van der Waals surface area (Å²) in [5, 5.41) is 3.94. The second-order valence-corrected chi connectivity index (χ2v) is 5.27. The van der Waals surface area contributed by atoms with E-state index in [2.05, 4.69) is 21.2 Å². The van der Waals surface area contributed by atoms with Gasteiger partial charge in [-0.15, -0.1) is 0 Å². The molecule has 0 aliphatic heterocycles. The SMILES string of the molecule is O=C(CCBr)Nc1cc(Cl)ccc1Oc1ccccc1. The Labute approximate surface area is 131 Å². The fraction of sp³-hybridized carbons (Fsp3) is 0.133. The molecule has 0 unspecified atom stereocenters. The van der Waals surface area contributed by atoms with Crippen LogP contribution in [-0.2, 0) is 4.79 Å². The minimum absolute atomic E-state index is 0.0953. The minimum atomic E-state index is -0.0953. The number of rotatable bonds is 5. The van der Waals surface area contributed by atoms with Gasteiger partial charge < -0.3 is 10.1 Å². The zero-order valence-electron chi connectivity index (χ0n) is 10.6. The van der Waals surface area contributed by atoms with Crippen LogP contribution in [0.25, 0.3) is 0 Å². The highest BCUT2D eigenvalue weighted by Crippen LogP contribution is 2.32. The van der Waals surface area contributed by atoms with Crippen molar-refractivity contribution in [1.82, 2.24) is 0 Å². The lowest BCUT2D eigenvalue weighted by Crippen LogP contribution is -2.12. The Bertz CT molecular complexity index is 590. The van der Waals surface area contributed by atoms with Crippen molar-refractivity contribution in [2.45, 2.75) is 6.42 Å². The Kier molecular flexibility index (Phi) is 5.44. The monoisotopic (exact) mass is 353 g/mol. The number of benzene rings is 2. The third-order valence-corrected chi connectivity index (χ3v) is 3.14. The summed E-state index contributed by atoms with van der Waals surface area (Å²) < 4.78 is 5.76. The highest BCUT2D eigenvalue weighted by Gasteiger charge is 2.09. The number of carbonyl (C=O) groups excluding carboxylic acids is 1. The number of para-hydroxylation sites is 1. The summed E-state index contributed by atoms with van der Waals surface area (Å²) in [5.74, 6) is 1.16. The summed E-state index contributed by atoms with van der Waals surface area (Å²) in [6.07, 6.45) is 0.386. The molecule has 3 nitrogen and oxygen atoms in total. The van der Waals surface area contributed by atoms with Crippen LogP contribution in [0.1, 0.15) is 6.42 Å². The zero-order chi connectivity index (χ0) is 14.4. The second kappa shape index (κ2) is 7.31. The van der Waals surface area contributed by atoms with Crippen molar-refractivity contribution < 1.29 is 9.53 Å². The van der Waals surface area contributed by atoms with E-state index >= 15 is 0 Å². The van der Waals surface area contributed by atoms with Gasteiger partial charge in [-0.25, -0.2) is 0 Å². The highest BCUT2D eigenvalue weighted by molar-refractivity contribution is 9.09. The average Bonchev–Trinajstić information content (AvgIpc) is 2.43. The van der Waals surface area contributed by atoms with E-state index in [1.54, 1.807) is 18.2 Å². The summed E-state index contributed by atoms with van der Waals surface area (Å²) in [4.78, 5) is 11.7. The molecule has 0 saturated carbocycles. The van der Waals surface area contributed by atoms with Crippen LogP contribution >= 0.6 is 27.5 Å². The molecule has 1 N–H and O–H groups in total. The first-order valence-corrected chi connectivity index (χ1v) is 7.57. The maximum atomic E-state index is 11.7. The molecule has 0 heterocycles. The first-order chi connectivity index (χ1) is 9.69. The standard InChI is InChI=1S/C15H13BrClNO2/c16-9-8-15(19)18-13-10-11(17)6-7-14(13)20-12-4-2-1-3-5-12/h1-7,10H,8-9H2,(H,18,19). The Balaban J connectivity index is 2.21. The lowest BCUT2D eigenvalue weighted by molar-refractivity contribution is -0.115. The molecular formula is C15H13BrClNO2. The van der Waals surface area contributed by atoms with Crippen LogP contribution in [-0.4, -0.2) is 11.2 Å². The Morgan fingerprint density at radius 3 is 2.65 bits per heavy atom. The number of carbonyl (C=O) groups is 1. The summed E-state index contributed by atoms with van der Waals surface area (Å²) in [5.41, 5.74) is 0.562. The van der Waals surface area contributed by atoms with Gasteiger partial charge in [-0.3, -0.25) is 4.79 Å². The van der Waals surface area contributed by atoms with E-state index in [9.17, 15) is 4.79 Å². The van der Waals surface area contributed by atoms with Gasteiger partial charge in [0.15, 0.2) is 5.75 Å². The van der Waals surface area contributed by atoms with E-state index in [1.807, 2.05) is 30.3 Å². The average molecular weight is 355 g/mol. The van der Waals surface area contributed by atoms with Crippen LogP contribution in [0.15, 0.2) is 48.5 Å². The zero-order valence-corrected chi connectivity index (χ0v) is 12.9. The normalized spacial score (nSPS) is 10.1.